The Morgan fingerprint density at radius 2 is 1.89 bits per heavy atom. The molecule has 0 amide bonds. The van der Waals surface area contributed by atoms with Crippen molar-refractivity contribution < 1.29 is 0 Å². The summed E-state index contributed by atoms with van der Waals surface area (Å²) in [5, 5.41) is 15.0. The van der Waals surface area contributed by atoms with Gasteiger partial charge in [0.1, 0.15) is 0 Å². The first-order chi connectivity index (χ1) is 13.2. The van der Waals surface area contributed by atoms with Crippen LogP contribution in [-0.4, -0.2) is 34.2 Å². The summed E-state index contributed by atoms with van der Waals surface area (Å²) in [7, 11) is 1.78. The second-order valence-electron chi connectivity index (χ2n) is 6.90. The zero-order valence-electron chi connectivity index (χ0n) is 16.3. The fraction of sp³-hybridized carbons (Fsp3) is 0.381. The summed E-state index contributed by atoms with van der Waals surface area (Å²) in [5.41, 5.74) is 3.61. The zero-order chi connectivity index (χ0) is 19.1. The Hall–Kier alpha value is -2.89. The molecule has 0 unspecified atom stereocenters. The number of hydrogen-bond donors (Lipinski definition) is 2. The third-order valence-corrected chi connectivity index (χ3v) is 4.60. The Kier molecular flexibility index (Phi) is 6.41. The Balaban J connectivity index is 1.43. The highest BCUT2D eigenvalue weighted by molar-refractivity contribution is 5.79. The van der Waals surface area contributed by atoms with E-state index in [0.29, 0.717) is 12.5 Å². The van der Waals surface area contributed by atoms with Crippen molar-refractivity contribution >= 4 is 11.6 Å². The fourth-order valence-corrected chi connectivity index (χ4v) is 2.96. The molecule has 0 fully saturated rings. The van der Waals surface area contributed by atoms with Gasteiger partial charge in [-0.2, -0.15) is 0 Å². The van der Waals surface area contributed by atoms with Gasteiger partial charge in [-0.1, -0.05) is 44.2 Å². The normalized spacial score (nSPS) is 11.9. The molecule has 0 spiro atoms. The minimum Gasteiger partial charge on any atom is -0.356 e. The molecule has 2 N–H and O–H groups in total. The molecule has 3 rings (SSSR count). The highest BCUT2D eigenvalue weighted by Gasteiger charge is 2.05. The van der Waals surface area contributed by atoms with Gasteiger partial charge >= 0.3 is 0 Å². The van der Waals surface area contributed by atoms with Crippen molar-refractivity contribution in [3.63, 3.8) is 0 Å². The molecule has 2 aromatic heterocycles. The molecule has 0 atom stereocenters. The Labute approximate surface area is 160 Å². The molecule has 6 heteroatoms. The van der Waals surface area contributed by atoms with E-state index in [1.54, 1.807) is 7.05 Å². The van der Waals surface area contributed by atoms with E-state index < -0.39 is 0 Å². The summed E-state index contributed by atoms with van der Waals surface area (Å²) in [4.78, 5) is 4.28. The number of nitrogens with zero attached hydrogens (tertiary/aromatic N) is 4. The lowest BCUT2D eigenvalue weighted by atomic mass is 10.0. The lowest BCUT2D eigenvalue weighted by Crippen LogP contribution is -2.37. The van der Waals surface area contributed by atoms with Gasteiger partial charge < -0.3 is 10.6 Å². The van der Waals surface area contributed by atoms with Gasteiger partial charge in [0.15, 0.2) is 17.4 Å². The topological polar surface area (TPSA) is 66.6 Å². The summed E-state index contributed by atoms with van der Waals surface area (Å²) in [6.45, 7) is 5.88. The molecule has 0 radical (unpaired) electrons. The second-order valence-corrected chi connectivity index (χ2v) is 6.90. The Bertz CT molecular complexity index is 879. The van der Waals surface area contributed by atoms with E-state index in [1.807, 2.05) is 28.8 Å². The molecule has 0 aliphatic rings. The van der Waals surface area contributed by atoms with E-state index in [1.165, 1.54) is 11.1 Å². The maximum atomic E-state index is 4.28. The minimum atomic E-state index is 0.571. The number of aliphatic imine (C=N–C) groups is 1. The van der Waals surface area contributed by atoms with Gasteiger partial charge in [-0.15, -0.1) is 10.2 Å². The number of aryl methyl sites for hydroxylation is 1. The first-order valence-corrected chi connectivity index (χ1v) is 9.49. The number of pyridine rings is 1. The van der Waals surface area contributed by atoms with Crippen molar-refractivity contribution in [3.05, 3.63) is 65.6 Å². The summed E-state index contributed by atoms with van der Waals surface area (Å²) >= 11 is 0. The summed E-state index contributed by atoms with van der Waals surface area (Å²) < 4.78 is 1.97. The molecule has 0 saturated carbocycles. The zero-order valence-corrected chi connectivity index (χ0v) is 16.3. The fourth-order valence-electron chi connectivity index (χ4n) is 2.96. The predicted molar refractivity (Wildman–Crippen MR) is 110 cm³/mol. The van der Waals surface area contributed by atoms with Crippen molar-refractivity contribution in [2.75, 3.05) is 13.6 Å². The van der Waals surface area contributed by atoms with E-state index in [0.717, 1.165) is 36.8 Å². The van der Waals surface area contributed by atoms with Crippen LogP contribution in [0.3, 0.4) is 0 Å². The highest BCUT2D eigenvalue weighted by Crippen LogP contribution is 2.15. The van der Waals surface area contributed by atoms with Crippen LogP contribution in [0.2, 0.25) is 0 Å². The molecular formula is C21H28N6. The third kappa shape index (κ3) is 5.06. The van der Waals surface area contributed by atoms with Crippen molar-refractivity contribution in [1.29, 1.82) is 0 Å². The van der Waals surface area contributed by atoms with E-state index in [9.17, 15) is 0 Å². The van der Waals surface area contributed by atoms with Crippen LogP contribution >= 0.6 is 0 Å². The van der Waals surface area contributed by atoms with Crippen molar-refractivity contribution in [1.82, 2.24) is 25.2 Å². The van der Waals surface area contributed by atoms with Gasteiger partial charge in [-0.3, -0.25) is 9.39 Å². The van der Waals surface area contributed by atoms with E-state index in [2.05, 4.69) is 63.9 Å². The predicted octanol–water partition coefficient (Wildman–Crippen LogP) is 3.15. The van der Waals surface area contributed by atoms with Crippen LogP contribution in [0.4, 0.5) is 0 Å². The maximum Gasteiger partial charge on any atom is 0.191 e. The van der Waals surface area contributed by atoms with Crippen LogP contribution in [0, 0.1) is 0 Å². The van der Waals surface area contributed by atoms with Gasteiger partial charge in [0.05, 0.1) is 6.54 Å². The number of guanidine groups is 1. The third-order valence-electron chi connectivity index (χ3n) is 4.60. The summed E-state index contributed by atoms with van der Waals surface area (Å²) in [6, 6.07) is 14.8. The lowest BCUT2D eigenvalue weighted by molar-refractivity contribution is 0.726. The number of aromatic nitrogens is 3. The molecule has 6 nitrogen and oxygen atoms in total. The largest absolute Gasteiger partial charge is 0.356 e. The van der Waals surface area contributed by atoms with Crippen molar-refractivity contribution in [2.24, 2.45) is 4.99 Å². The van der Waals surface area contributed by atoms with Gasteiger partial charge in [0, 0.05) is 19.8 Å². The van der Waals surface area contributed by atoms with Crippen LogP contribution in [0.15, 0.2) is 53.7 Å². The monoisotopic (exact) mass is 364 g/mol. The summed E-state index contributed by atoms with van der Waals surface area (Å²) in [6.07, 6.45) is 4.07. The molecule has 1 aromatic carbocycles. The number of benzene rings is 1. The van der Waals surface area contributed by atoms with E-state index >= 15 is 0 Å². The smallest absolute Gasteiger partial charge is 0.191 e. The number of fused-ring (bicyclic) bond motifs is 1. The van der Waals surface area contributed by atoms with E-state index in [-0.39, 0.29) is 0 Å². The number of rotatable bonds is 7. The van der Waals surface area contributed by atoms with Gasteiger partial charge in [-0.05, 0) is 42.0 Å². The average molecular weight is 364 g/mol. The molecule has 3 aromatic rings. The average Bonchev–Trinajstić information content (AvgIpc) is 3.11. The van der Waals surface area contributed by atoms with Gasteiger partial charge in [0.2, 0.25) is 0 Å². The Morgan fingerprint density at radius 3 is 2.63 bits per heavy atom. The molecule has 0 bridgehead atoms. The molecule has 0 aliphatic carbocycles. The van der Waals surface area contributed by atoms with Crippen LogP contribution in [0.25, 0.3) is 5.65 Å². The van der Waals surface area contributed by atoms with Crippen molar-refractivity contribution in [2.45, 2.75) is 39.2 Å². The molecule has 27 heavy (non-hydrogen) atoms. The SMILES string of the molecule is CN=C(NCCCc1ccc(C(C)C)cc1)NCc1nnc2ccccn12. The summed E-state index contributed by atoms with van der Waals surface area (Å²) in [5.74, 6) is 2.22. The first kappa shape index (κ1) is 18.9. The number of nitrogens with one attached hydrogen (secondary N) is 2. The van der Waals surface area contributed by atoms with Crippen molar-refractivity contribution in [3.8, 4) is 0 Å². The molecular weight excluding hydrogens is 336 g/mol. The molecule has 142 valence electrons. The quantitative estimate of drug-likeness (QED) is 0.384. The molecule has 0 saturated heterocycles. The van der Waals surface area contributed by atoms with Crippen LogP contribution in [-0.2, 0) is 13.0 Å². The maximum absolute atomic E-state index is 4.28. The van der Waals surface area contributed by atoms with Crippen LogP contribution in [0.5, 0.6) is 0 Å². The minimum absolute atomic E-state index is 0.571. The molecule has 2 heterocycles. The first-order valence-electron chi connectivity index (χ1n) is 9.49. The second kappa shape index (κ2) is 9.16. The van der Waals surface area contributed by atoms with Gasteiger partial charge in [0.25, 0.3) is 0 Å². The highest BCUT2D eigenvalue weighted by atomic mass is 15.3. The lowest BCUT2D eigenvalue weighted by Gasteiger charge is -2.11. The van der Waals surface area contributed by atoms with Crippen LogP contribution < -0.4 is 10.6 Å². The Morgan fingerprint density at radius 1 is 1.07 bits per heavy atom. The van der Waals surface area contributed by atoms with Gasteiger partial charge in [-0.25, -0.2) is 0 Å². The van der Waals surface area contributed by atoms with Crippen LogP contribution in [0.1, 0.15) is 43.1 Å². The standard InChI is InChI=1S/C21H28N6/c1-16(2)18-11-9-17(10-12-18)7-6-13-23-21(22-3)24-15-20-26-25-19-8-4-5-14-27(19)20/h4-5,8-12,14,16H,6-7,13,15H2,1-3H3,(H2,22,23,24). The number of hydrogen-bond acceptors (Lipinski definition) is 3. The van der Waals surface area contributed by atoms with E-state index in [4.69, 9.17) is 0 Å². The molecule has 0 aliphatic heterocycles.